The molecule has 0 radical (unpaired) electrons. The highest BCUT2D eigenvalue weighted by Gasteiger charge is 2.20. The molecule has 0 fully saturated rings. The molecule has 25 heavy (non-hydrogen) atoms. The minimum absolute atomic E-state index is 0.0867. The summed E-state index contributed by atoms with van der Waals surface area (Å²) in [5.74, 6) is -1.03. The Balaban J connectivity index is 1.99. The van der Waals surface area contributed by atoms with E-state index >= 15 is 0 Å². The molecule has 0 saturated carbocycles. The maximum Gasteiger partial charge on any atom is 0.338 e. The number of aromatic nitrogens is 1. The lowest BCUT2D eigenvalue weighted by atomic mass is 10.2. The summed E-state index contributed by atoms with van der Waals surface area (Å²) in [7, 11) is -3.35. The van der Waals surface area contributed by atoms with Gasteiger partial charge in [0.15, 0.2) is 15.9 Å². The van der Waals surface area contributed by atoms with Crippen LogP contribution in [-0.4, -0.2) is 37.6 Å². The molecule has 2 rings (SSSR count). The molecule has 7 nitrogen and oxygen atoms in total. The number of sulfone groups is 1. The summed E-state index contributed by atoms with van der Waals surface area (Å²) in [6.45, 7) is 1.41. The zero-order chi connectivity index (χ0) is 18.6. The Bertz CT molecular complexity index is 880. The maximum absolute atomic E-state index is 12.0. The first-order valence-electron chi connectivity index (χ1n) is 7.10. The fourth-order valence-corrected chi connectivity index (χ4v) is 2.54. The summed E-state index contributed by atoms with van der Waals surface area (Å²) >= 11 is 5.70. The number of hydrogen-bond donors (Lipinski definition) is 1. The minimum atomic E-state index is -3.35. The molecule has 2 aromatic rings. The van der Waals surface area contributed by atoms with Gasteiger partial charge in [0.25, 0.3) is 5.91 Å². The Morgan fingerprint density at radius 2 is 1.80 bits per heavy atom. The summed E-state index contributed by atoms with van der Waals surface area (Å²) in [5.41, 5.74) is 0.136. The number of nitrogens with one attached hydrogen (secondary N) is 1. The van der Waals surface area contributed by atoms with Gasteiger partial charge in [-0.2, -0.15) is 0 Å². The third-order valence-electron chi connectivity index (χ3n) is 3.15. The summed E-state index contributed by atoms with van der Waals surface area (Å²) in [5, 5.41) is 2.92. The first-order valence-corrected chi connectivity index (χ1v) is 9.37. The molecule has 0 aliphatic rings. The van der Waals surface area contributed by atoms with Crippen molar-refractivity contribution in [3.8, 4) is 0 Å². The van der Waals surface area contributed by atoms with Crippen LogP contribution in [0.4, 0.5) is 5.82 Å². The van der Waals surface area contributed by atoms with Crippen LogP contribution < -0.4 is 5.32 Å². The fraction of sp³-hybridized carbons (Fsp3) is 0.188. The van der Waals surface area contributed by atoms with Crippen LogP contribution in [0.5, 0.6) is 0 Å². The van der Waals surface area contributed by atoms with Crippen molar-refractivity contribution in [2.45, 2.75) is 17.9 Å². The highest BCUT2D eigenvalue weighted by Crippen LogP contribution is 2.13. The molecule has 0 unspecified atom stereocenters. The van der Waals surface area contributed by atoms with Crippen LogP contribution in [0.2, 0.25) is 5.02 Å². The number of benzene rings is 1. The van der Waals surface area contributed by atoms with E-state index in [0.717, 1.165) is 6.26 Å². The molecule has 132 valence electrons. The molecule has 0 aliphatic heterocycles. The van der Waals surface area contributed by atoms with Crippen LogP contribution in [0.1, 0.15) is 17.3 Å². The van der Waals surface area contributed by atoms with Gasteiger partial charge in [-0.05, 0) is 43.3 Å². The smallest absolute Gasteiger partial charge is 0.338 e. The van der Waals surface area contributed by atoms with E-state index in [0.29, 0.717) is 5.02 Å². The Kier molecular flexibility index (Phi) is 5.76. The van der Waals surface area contributed by atoms with Gasteiger partial charge in [-0.25, -0.2) is 18.2 Å². The van der Waals surface area contributed by atoms with Gasteiger partial charge in [0.05, 0.1) is 15.5 Å². The summed E-state index contributed by atoms with van der Waals surface area (Å²) in [6, 6.07) is 8.32. The van der Waals surface area contributed by atoms with Crippen molar-refractivity contribution in [2.24, 2.45) is 0 Å². The number of rotatable bonds is 5. The Morgan fingerprint density at radius 3 is 2.32 bits per heavy atom. The number of pyridine rings is 1. The van der Waals surface area contributed by atoms with Gasteiger partial charge < -0.3 is 10.1 Å². The largest absolute Gasteiger partial charge is 0.449 e. The van der Waals surface area contributed by atoms with Gasteiger partial charge in [-0.3, -0.25) is 4.79 Å². The third kappa shape index (κ3) is 5.27. The molecule has 1 heterocycles. The number of ether oxygens (including phenoxy) is 1. The molecule has 0 aliphatic carbocycles. The quantitative estimate of drug-likeness (QED) is 0.796. The lowest BCUT2D eigenvalue weighted by molar-refractivity contribution is -0.123. The van der Waals surface area contributed by atoms with Crippen molar-refractivity contribution in [2.75, 3.05) is 11.6 Å². The first-order chi connectivity index (χ1) is 11.7. The van der Waals surface area contributed by atoms with Crippen molar-refractivity contribution >= 4 is 39.1 Å². The van der Waals surface area contributed by atoms with Gasteiger partial charge in [0, 0.05) is 12.5 Å². The van der Waals surface area contributed by atoms with E-state index in [4.69, 9.17) is 16.3 Å². The zero-order valence-electron chi connectivity index (χ0n) is 13.4. The number of esters is 1. The van der Waals surface area contributed by atoms with Gasteiger partial charge in [-0.15, -0.1) is 0 Å². The standard InChI is InChI=1S/C16H15ClN2O5S/c1-10(15(20)19-14-8-5-12(17)9-18-14)24-16(21)11-3-6-13(7-4-11)25(2,22)23/h3-10H,1-2H3,(H,18,19,20)/t10-/m0/s1. The average molecular weight is 383 g/mol. The van der Waals surface area contributed by atoms with Gasteiger partial charge >= 0.3 is 5.97 Å². The number of amides is 1. The van der Waals surface area contributed by atoms with E-state index in [2.05, 4.69) is 10.3 Å². The van der Waals surface area contributed by atoms with Crippen LogP contribution >= 0.6 is 11.6 Å². The van der Waals surface area contributed by atoms with Crippen LogP contribution in [0.15, 0.2) is 47.5 Å². The molecule has 9 heteroatoms. The number of carbonyl (C=O) groups is 2. The number of anilines is 1. The van der Waals surface area contributed by atoms with Crippen LogP contribution in [-0.2, 0) is 19.4 Å². The normalized spacial score (nSPS) is 12.3. The lowest BCUT2D eigenvalue weighted by Gasteiger charge is -2.13. The SMILES string of the molecule is C[C@H](OC(=O)c1ccc(S(C)(=O)=O)cc1)C(=O)Nc1ccc(Cl)cn1. The summed E-state index contributed by atoms with van der Waals surface area (Å²) in [4.78, 5) is 28.0. The molecule has 1 amide bonds. The highest BCUT2D eigenvalue weighted by molar-refractivity contribution is 7.90. The topological polar surface area (TPSA) is 102 Å². The number of hydrogen-bond acceptors (Lipinski definition) is 6. The van der Waals surface area contributed by atoms with Crippen molar-refractivity contribution in [1.82, 2.24) is 4.98 Å². The summed E-state index contributed by atoms with van der Waals surface area (Å²) < 4.78 is 27.9. The second kappa shape index (κ2) is 7.62. The Labute approximate surface area is 149 Å². The Hall–Kier alpha value is -2.45. The highest BCUT2D eigenvalue weighted by atomic mass is 35.5. The summed E-state index contributed by atoms with van der Waals surface area (Å²) in [6.07, 6.45) is 1.37. The van der Waals surface area contributed by atoms with E-state index in [1.54, 1.807) is 6.07 Å². The van der Waals surface area contributed by atoms with E-state index in [1.165, 1.54) is 43.5 Å². The van der Waals surface area contributed by atoms with E-state index in [1.807, 2.05) is 0 Å². The monoisotopic (exact) mass is 382 g/mol. The van der Waals surface area contributed by atoms with Crippen molar-refractivity contribution in [1.29, 1.82) is 0 Å². The zero-order valence-corrected chi connectivity index (χ0v) is 15.0. The second-order valence-corrected chi connectivity index (χ2v) is 7.65. The third-order valence-corrected chi connectivity index (χ3v) is 4.50. The van der Waals surface area contributed by atoms with Gasteiger partial charge in [0.1, 0.15) is 5.82 Å². The van der Waals surface area contributed by atoms with Gasteiger partial charge in [0.2, 0.25) is 0 Å². The van der Waals surface area contributed by atoms with Crippen LogP contribution in [0, 0.1) is 0 Å². The van der Waals surface area contributed by atoms with Crippen LogP contribution in [0.25, 0.3) is 0 Å². The molecular weight excluding hydrogens is 368 g/mol. The molecular formula is C16H15ClN2O5S. The molecule has 1 N–H and O–H groups in total. The molecule has 1 aromatic carbocycles. The van der Waals surface area contributed by atoms with Crippen molar-refractivity contribution < 1.29 is 22.7 Å². The van der Waals surface area contributed by atoms with Crippen molar-refractivity contribution in [3.63, 3.8) is 0 Å². The van der Waals surface area contributed by atoms with Crippen molar-refractivity contribution in [3.05, 3.63) is 53.2 Å². The Morgan fingerprint density at radius 1 is 1.16 bits per heavy atom. The lowest BCUT2D eigenvalue weighted by Crippen LogP contribution is -2.30. The molecule has 0 spiro atoms. The van der Waals surface area contributed by atoms with E-state index < -0.39 is 27.8 Å². The van der Waals surface area contributed by atoms with Crippen LogP contribution in [0.3, 0.4) is 0 Å². The first kappa shape index (κ1) is 18.9. The number of nitrogens with zero attached hydrogens (tertiary/aromatic N) is 1. The molecule has 0 saturated heterocycles. The number of halogens is 1. The number of carbonyl (C=O) groups excluding carboxylic acids is 2. The molecule has 1 atom stereocenters. The van der Waals surface area contributed by atoms with E-state index in [9.17, 15) is 18.0 Å². The fourth-order valence-electron chi connectivity index (χ4n) is 1.80. The van der Waals surface area contributed by atoms with Gasteiger partial charge in [-0.1, -0.05) is 11.6 Å². The molecule has 1 aromatic heterocycles. The predicted octanol–water partition coefficient (Wildman–Crippen LogP) is 2.32. The van der Waals surface area contributed by atoms with E-state index in [-0.39, 0.29) is 16.3 Å². The maximum atomic E-state index is 12.0. The molecule has 0 bridgehead atoms. The average Bonchev–Trinajstić information content (AvgIpc) is 2.56. The second-order valence-electron chi connectivity index (χ2n) is 5.19. The minimum Gasteiger partial charge on any atom is -0.449 e. The predicted molar refractivity (Wildman–Crippen MR) is 92.3 cm³/mol.